The van der Waals surface area contributed by atoms with Crippen LogP contribution in [-0.2, 0) is 14.4 Å². The molecule has 2 atom stereocenters. The second-order valence-electron chi connectivity index (χ2n) is 5.25. The summed E-state index contributed by atoms with van der Waals surface area (Å²) in [5.41, 5.74) is 0.169. The number of rotatable bonds is 4. The van der Waals surface area contributed by atoms with Crippen LogP contribution in [0, 0.1) is 11.7 Å². The van der Waals surface area contributed by atoms with Gasteiger partial charge in [0, 0.05) is 13.6 Å². The Hall–Kier alpha value is -2.44. The number of nitrogens with zero attached hydrogens (tertiary/aromatic N) is 2. The molecule has 0 bridgehead atoms. The lowest BCUT2D eigenvalue weighted by Crippen LogP contribution is -2.46. The number of carboxylic acid groups (broad SMARTS) is 1. The number of halogens is 1. The zero-order valence-corrected chi connectivity index (χ0v) is 12.3. The van der Waals surface area contributed by atoms with E-state index < -0.39 is 35.6 Å². The molecular formula is C15H17FN2O4. The number of hydrogen-bond acceptors (Lipinski definition) is 3. The Morgan fingerprint density at radius 3 is 2.64 bits per heavy atom. The Kier molecular flexibility index (Phi) is 4.44. The number of hydrogen-bond donors (Lipinski definition) is 1. The minimum absolute atomic E-state index is 0.169. The van der Waals surface area contributed by atoms with Gasteiger partial charge in [-0.2, -0.15) is 0 Å². The fourth-order valence-electron chi connectivity index (χ4n) is 2.50. The van der Waals surface area contributed by atoms with Gasteiger partial charge in [0.15, 0.2) is 0 Å². The van der Waals surface area contributed by atoms with Gasteiger partial charge >= 0.3 is 5.97 Å². The highest BCUT2D eigenvalue weighted by Crippen LogP contribution is 2.26. The molecule has 1 N–H and O–H groups in total. The van der Waals surface area contributed by atoms with E-state index in [1.807, 2.05) is 0 Å². The molecule has 2 unspecified atom stereocenters. The first-order chi connectivity index (χ1) is 10.3. The van der Waals surface area contributed by atoms with E-state index in [4.69, 9.17) is 5.11 Å². The summed E-state index contributed by atoms with van der Waals surface area (Å²) in [5, 5.41) is 8.88. The zero-order chi connectivity index (χ0) is 16.4. The summed E-state index contributed by atoms with van der Waals surface area (Å²) < 4.78 is 13.8. The largest absolute Gasteiger partial charge is 0.481 e. The van der Waals surface area contributed by atoms with Crippen molar-refractivity contribution < 1.29 is 23.9 Å². The highest BCUT2D eigenvalue weighted by Gasteiger charge is 2.39. The second-order valence-corrected chi connectivity index (χ2v) is 5.25. The van der Waals surface area contributed by atoms with Gasteiger partial charge in [0.25, 0.3) is 0 Å². The number of anilines is 1. The predicted octanol–water partition coefficient (Wildman–Crippen LogP) is 1.11. The molecule has 6 nitrogen and oxygen atoms in total. The maximum absolute atomic E-state index is 13.8. The maximum atomic E-state index is 13.8. The lowest BCUT2D eigenvalue weighted by molar-refractivity contribution is -0.151. The van der Waals surface area contributed by atoms with Crippen LogP contribution >= 0.6 is 0 Å². The van der Waals surface area contributed by atoms with Gasteiger partial charge in [-0.15, -0.1) is 0 Å². The van der Waals surface area contributed by atoms with Crippen molar-refractivity contribution in [2.75, 3.05) is 18.5 Å². The lowest BCUT2D eigenvalue weighted by atomic mass is 10.1. The Morgan fingerprint density at radius 1 is 1.41 bits per heavy atom. The number of carbonyl (C=O) groups is 3. The third kappa shape index (κ3) is 2.79. The van der Waals surface area contributed by atoms with Crippen LogP contribution in [0.15, 0.2) is 24.3 Å². The molecule has 0 spiro atoms. The summed E-state index contributed by atoms with van der Waals surface area (Å²) in [6.45, 7) is 1.55. The average molecular weight is 308 g/mol. The molecule has 1 heterocycles. The Morgan fingerprint density at radius 2 is 2.05 bits per heavy atom. The molecule has 7 heteroatoms. The van der Waals surface area contributed by atoms with Crippen LogP contribution in [0.5, 0.6) is 0 Å². The van der Waals surface area contributed by atoms with Crippen LogP contribution in [0.1, 0.15) is 13.3 Å². The maximum Gasteiger partial charge on any atom is 0.315 e. The summed E-state index contributed by atoms with van der Waals surface area (Å²) in [4.78, 5) is 37.7. The van der Waals surface area contributed by atoms with Crippen LogP contribution in [0.2, 0.25) is 0 Å². The van der Waals surface area contributed by atoms with E-state index in [0.29, 0.717) is 6.42 Å². The second kappa shape index (κ2) is 6.13. The van der Waals surface area contributed by atoms with Crippen molar-refractivity contribution in [3.8, 4) is 0 Å². The summed E-state index contributed by atoms with van der Waals surface area (Å²) in [7, 11) is 1.40. The quantitative estimate of drug-likeness (QED) is 0.845. The van der Waals surface area contributed by atoms with Crippen LogP contribution in [0.4, 0.5) is 10.1 Å². The number of aliphatic carboxylic acids is 1. The van der Waals surface area contributed by atoms with Gasteiger partial charge < -0.3 is 14.9 Å². The molecule has 2 rings (SSSR count). The van der Waals surface area contributed by atoms with Crippen molar-refractivity contribution in [1.29, 1.82) is 0 Å². The van der Waals surface area contributed by atoms with Gasteiger partial charge in [-0.3, -0.25) is 14.4 Å². The van der Waals surface area contributed by atoms with Gasteiger partial charge in [0.1, 0.15) is 17.8 Å². The van der Waals surface area contributed by atoms with Crippen LogP contribution in [-0.4, -0.2) is 47.4 Å². The molecule has 1 aromatic carbocycles. The van der Waals surface area contributed by atoms with Gasteiger partial charge in [-0.1, -0.05) is 12.1 Å². The van der Waals surface area contributed by atoms with E-state index in [0.717, 1.165) is 4.90 Å². The highest BCUT2D eigenvalue weighted by atomic mass is 19.1. The van der Waals surface area contributed by atoms with E-state index in [1.165, 1.54) is 37.1 Å². The van der Waals surface area contributed by atoms with E-state index in [1.54, 1.807) is 6.07 Å². The SMILES string of the molecule is CC(C(=O)O)C(=O)N(C)C1CCN(c2ccccc2F)C1=O. The third-order valence-electron chi connectivity index (χ3n) is 3.88. The van der Waals surface area contributed by atoms with Crippen molar-refractivity contribution >= 4 is 23.5 Å². The standard InChI is InChI=1S/C15H17FN2O4/c1-9(15(21)22)13(19)17(2)12-7-8-18(14(12)20)11-6-4-3-5-10(11)16/h3-6,9,12H,7-8H2,1-2H3,(H,21,22). The van der Waals surface area contributed by atoms with Crippen molar-refractivity contribution in [3.63, 3.8) is 0 Å². The first kappa shape index (κ1) is 15.9. The van der Waals surface area contributed by atoms with Gasteiger partial charge in [0.05, 0.1) is 5.69 Å². The predicted molar refractivity (Wildman–Crippen MR) is 76.7 cm³/mol. The van der Waals surface area contributed by atoms with E-state index in [2.05, 4.69) is 0 Å². The van der Waals surface area contributed by atoms with Crippen molar-refractivity contribution in [3.05, 3.63) is 30.1 Å². The fourth-order valence-corrected chi connectivity index (χ4v) is 2.50. The monoisotopic (exact) mass is 308 g/mol. The minimum atomic E-state index is -1.24. The molecule has 118 valence electrons. The van der Waals surface area contributed by atoms with Gasteiger partial charge in [-0.05, 0) is 25.5 Å². The van der Waals surface area contributed by atoms with Gasteiger partial charge in [-0.25, -0.2) is 4.39 Å². The first-order valence-electron chi connectivity index (χ1n) is 6.90. The summed E-state index contributed by atoms with van der Waals surface area (Å²) in [6.07, 6.45) is 0.335. The van der Waals surface area contributed by atoms with Crippen LogP contribution < -0.4 is 4.90 Å². The van der Waals surface area contributed by atoms with Crippen molar-refractivity contribution in [2.45, 2.75) is 19.4 Å². The van der Waals surface area contributed by atoms with Crippen LogP contribution in [0.25, 0.3) is 0 Å². The Bertz CT molecular complexity index is 619. The molecule has 0 saturated carbocycles. The van der Waals surface area contributed by atoms with Crippen molar-refractivity contribution in [1.82, 2.24) is 4.90 Å². The normalized spacial score (nSPS) is 19.1. The molecule has 22 heavy (non-hydrogen) atoms. The smallest absolute Gasteiger partial charge is 0.315 e. The Labute approximate surface area is 127 Å². The number of carbonyl (C=O) groups excluding carboxylic acids is 2. The summed E-state index contributed by atoms with van der Waals surface area (Å²) in [5.74, 6) is -4.02. The molecule has 1 aliphatic rings. The molecule has 2 amide bonds. The molecule has 1 aromatic rings. The van der Waals surface area contributed by atoms with E-state index in [9.17, 15) is 18.8 Å². The van der Waals surface area contributed by atoms with Gasteiger partial charge in [0.2, 0.25) is 11.8 Å². The van der Waals surface area contributed by atoms with Crippen LogP contribution in [0.3, 0.4) is 0 Å². The fraction of sp³-hybridized carbons (Fsp3) is 0.400. The first-order valence-corrected chi connectivity index (χ1v) is 6.90. The number of likely N-dealkylation sites (N-methyl/N-ethyl adjacent to an activating group) is 1. The lowest BCUT2D eigenvalue weighted by Gasteiger charge is -2.25. The Balaban J connectivity index is 2.16. The number of amides is 2. The molecule has 0 aromatic heterocycles. The number of carboxylic acids is 1. The topological polar surface area (TPSA) is 77.9 Å². The zero-order valence-electron chi connectivity index (χ0n) is 12.3. The molecule has 1 aliphatic heterocycles. The third-order valence-corrected chi connectivity index (χ3v) is 3.88. The average Bonchev–Trinajstić information content (AvgIpc) is 2.87. The van der Waals surface area contributed by atoms with E-state index >= 15 is 0 Å². The molecule has 0 radical (unpaired) electrons. The van der Waals surface area contributed by atoms with E-state index in [-0.39, 0.29) is 12.2 Å². The molecule has 0 aliphatic carbocycles. The van der Waals surface area contributed by atoms with Crippen molar-refractivity contribution in [2.24, 2.45) is 5.92 Å². The minimum Gasteiger partial charge on any atom is -0.481 e. The number of para-hydroxylation sites is 1. The summed E-state index contributed by atoms with van der Waals surface area (Å²) in [6, 6.07) is 5.14. The summed E-state index contributed by atoms with van der Waals surface area (Å²) >= 11 is 0. The number of benzene rings is 1. The molecule has 1 saturated heterocycles. The molecular weight excluding hydrogens is 291 g/mol. The highest BCUT2D eigenvalue weighted by molar-refractivity contribution is 6.03. The molecule has 1 fully saturated rings.